The molecule has 0 spiro atoms. The fourth-order valence-corrected chi connectivity index (χ4v) is 2.67. The van der Waals surface area contributed by atoms with Crippen LogP contribution in [0.5, 0.6) is 11.5 Å². The van der Waals surface area contributed by atoms with Gasteiger partial charge >= 0.3 is 5.97 Å². The monoisotopic (exact) mass is 404 g/mol. The first-order valence-corrected chi connectivity index (χ1v) is 9.01. The molecule has 0 radical (unpaired) electrons. The molecule has 1 aliphatic heterocycles. The van der Waals surface area contributed by atoms with Crippen LogP contribution in [0.1, 0.15) is 40.0 Å². The zero-order valence-electron chi connectivity index (χ0n) is 15.4. The molecule has 0 aromatic heterocycles. The van der Waals surface area contributed by atoms with Gasteiger partial charge in [0.15, 0.2) is 41.3 Å². The Morgan fingerprint density at radius 3 is 2.28 bits per heavy atom. The zero-order valence-corrected chi connectivity index (χ0v) is 15.4. The first kappa shape index (κ1) is 20.4. The summed E-state index contributed by atoms with van der Waals surface area (Å²) in [5, 5.41) is 0. The third-order valence-electron chi connectivity index (χ3n) is 4.23. The van der Waals surface area contributed by atoms with E-state index in [0.717, 1.165) is 24.6 Å². The molecule has 0 saturated carbocycles. The van der Waals surface area contributed by atoms with E-state index < -0.39 is 30.0 Å². The maximum atomic E-state index is 13.1. The Kier molecular flexibility index (Phi) is 6.54. The van der Waals surface area contributed by atoms with E-state index in [2.05, 4.69) is 0 Å². The van der Waals surface area contributed by atoms with Crippen LogP contribution in [-0.4, -0.2) is 37.4 Å². The van der Waals surface area contributed by atoms with Crippen molar-refractivity contribution in [3.63, 3.8) is 0 Å². The summed E-state index contributed by atoms with van der Waals surface area (Å²) in [5.41, 5.74) is 0.264. The van der Waals surface area contributed by atoms with Gasteiger partial charge in [-0.2, -0.15) is 0 Å². The summed E-state index contributed by atoms with van der Waals surface area (Å²) in [4.78, 5) is 36.0. The Balaban J connectivity index is 1.49. The van der Waals surface area contributed by atoms with Gasteiger partial charge in [-0.15, -0.1) is 0 Å². The number of Topliss-reactive ketones (excluding diaryl/α,β-unsaturated/α-hetero) is 2. The van der Waals surface area contributed by atoms with Crippen molar-refractivity contribution < 1.29 is 37.4 Å². The summed E-state index contributed by atoms with van der Waals surface area (Å²) < 4.78 is 41.9. The standard InChI is InChI=1S/C21H18F2O6/c22-15-4-2-13(10-16(15)23)18(25)12-29-21(26)7-5-17(24)14-3-6-19-20(11-14)28-9-1-8-27-19/h2-4,6,10-11H,1,5,7-9,12H2. The Morgan fingerprint density at radius 2 is 1.52 bits per heavy atom. The maximum Gasteiger partial charge on any atom is 0.306 e. The first-order valence-electron chi connectivity index (χ1n) is 9.01. The second-order valence-corrected chi connectivity index (χ2v) is 6.35. The molecule has 0 saturated heterocycles. The Hall–Kier alpha value is -3.29. The number of halogens is 2. The molecule has 0 aliphatic carbocycles. The van der Waals surface area contributed by atoms with Crippen LogP contribution >= 0.6 is 0 Å². The number of carbonyl (C=O) groups is 3. The Morgan fingerprint density at radius 1 is 0.828 bits per heavy atom. The van der Waals surface area contributed by atoms with Gasteiger partial charge in [-0.25, -0.2) is 8.78 Å². The van der Waals surface area contributed by atoms with Crippen LogP contribution in [-0.2, 0) is 9.53 Å². The quantitative estimate of drug-likeness (QED) is 0.519. The van der Waals surface area contributed by atoms with Gasteiger partial charge in [0, 0.05) is 24.0 Å². The highest BCUT2D eigenvalue weighted by molar-refractivity contribution is 5.99. The van der Waals surface area contributed by atoms with Crippen molar-refractivity contribution in [2.24, 2.45) is 0 Å². The third kappa shape index (κ3) is 5.37. The molecule has 2 aromatic carbocycles. The normalized spacial score (nSPS) is 12.8. The number of esters is 1. The minimum Gasteiger partial charge on any atom is -0.490 e. The number of rotatable bonds is 7. The summed E-state index contributed by atoms with van der Waals surface area (Å²) in [5.74, 6) is -2.91. The summed E-state index contributed by atoms with van der Waals surface area (Å²) >= 11 is 0. The minimum atomic E-state index is -1.16. The average Bonchev–Trinajstić information content (AvgIpc) is 2.97. The van der Waals surface area contributed by atoms with E-state index in [1.54, 1.807) is 18.2 Å². The lowest BCUT2D eigenvalue weighted by Gasteiger charge is -2.09. The van der Waals surface area contributed by atoms with Gasteiger partial charge in [0.05, 0.1) is 19.6 Å². The Labute approximate surface area is 165 Å². The summed E-state index contributed by atoms with van der Waals surface area (Å²) in [6.45, 7) is 0.403. The second-order valence-electron chi connectivity index (χ2n) is 6.35. The van der Waals surface area contributed by atoms with Crippen molar-refractivity contribution in [2.75, 3.05) is 19.8 Å². The van der Waals surface area contributed by atoms with Gasteiger partial charge < -0.3 is 14.2 Å². The second kappa shape index (κ2) is 9.27. The smallest absolute Gasteiger partial charge is 0.306 e. The molecule has 6 nitrogen and oxygen atoms in total. The topological polar surface area (TPSA) is 78.9 Å². The largest absolute Gasteiger partial charge is 0.490 e. The van der Waals surface area contributed by atoms with Crippen LogP contribution in [0.25, 0.3) is 0 Å². The number of benzene rings is 2. The molecule has 3 rings (SSSR count). The number of hydrogen-bond acceptors (Lipinski definition) is 6. The number of carbonyl (C=O) groups excluding carboxylic acids is 3. The minimum absolute atomic E-state index is 0.111. The number of ether oxygens (including phenoxy) is 3. The molecule has 1 aliphatic rings. The van der Waals surface area contributed by atoms with Crippen molar-refractivity contribution in [3.05, 3.63) is 59.2 Å². The van der Waals surface area contributed by atoms with Crippen molar-refractivity contribution in [1.29, 1.82) is 0 Å². The Bertz CT molecular complexity index is 941. The first-order chi connectivity index (χ1) is 13.9. The average molecular weight is 404 g/mol. The summed E-state index contributed by atoms with van der Waals surface area (Å²) in [7, 11) is 0. The van der Waals surface area contributed by atoms with Gasteiger partial charge in [-0.05, 0) is 36.4 Å². The number of fused-ring (bicyclic) bond motifs is 1. The van der Waals surface area contributed by atoms with E-state index in [4.69, 9.17) is 14.2 Å². The van der Waals surface area contributed by atoms with Crippen molar-refractivity contribution in [3.8, 4) is 11.5 Å². The van der Waals surface area contributed by atoms with E-state index in [0.29, 0.717) is 30.3 Å². The molecule has 0 bridgehead atoms. The van der Waals surface area contributed by atoms with Crippen LogP contribution in [0.4, 0.5) is 8.78 Å². The van der Waals surface area contributed by atoms with Crippen LogP contribution in [0.3, 0.4) is 0 Å². The molecule has 2 aromatic rings. The summed E-state index contributed by atoms with van der Waals surface area (Å²) in [6.07, 6.45) is 0.406. The molecule has 0 amide bonds. The van der Waals surface area contributed by atoms with Crippen molar-refractivity contribution in [2.45, 2.75) is 19.3 Å². The predicted octanol–water partition coefficient (Wildman–Crippen LogP) is 3.52. The third-order valence-corrected chi connectivity index (χ3v) is 4.23. The molecule has 1 heterocycles. The molecule has 0 fully saturated rings. The van der Waals surface area contributed by atoms with Crippen LogP contribution in [0, 0.1) is 11.6 Å². The fraction of sp³-hybridized carbons (Fsp3) is 0.286. The molecule has 0 N–H and O–H groups in total. The zero-order chi connectivity index (χ0) is 20.8. The highest BCUT2D eigenvalue weighted by Crippen LogP contribution is 2.30. The number of hydrogen-bond donors (Lipinski definition) is 0. The predicted molar refractivity (Wildman–Crippen MR) is 97.3 cm³/mol. The van der Waals surface area contributed by atoms with Gasteiger partial charge in [-0.3, -0.25) is 14.4 Å². The SMILES string of the molecule is O=C(CCC(=O)c1ccc2c(c1)OCCCO2)OCC(=O)c1ccc(F)c(F)c1. The fourth-order valence-electron chi connectivity index (χ4n) is 2.67. The highest BCUT2D eigenvalue weighted by Gasteiger charge is 2.17. The summed E-state index contributed by atoms with van der Waals surface area (Å²) in [6, 6.07) is 7.46. The van der Waals surface area contributed by atoms with Gasteiger partial charge in [0.25, 0.3) is 0 Å². The van der Waals surface area contributed by atoms with Crippen molar-refractivity contribution >= 4 is 17.5 Å². The van der Waals surface area contributed by atoms with E-state index in [1.807, 2.05) is 0 Å². The van der Waals surface area contributed by atoms with Crippen molar-refractivity contribution in [1.82, 2.24) is 0 Å². The molecule has 0 unspecified atom stereocenters. The lowest BCUT2D eigenvalue weighted by Crippen LogP contribution is -2.15. The van der Waals surface area contributed by atoms with Crippen LogP contribution in [0.2, 0.25) is 0 Å². The molecule has 152 valence electrons. The molecule has 0 atom stereocenters. The van der Waals surface area contributed by atoms with E-state index >= 15 is 0 Å². The molecule has 8 heteroatoms. The van der Waals surface area contributed by atoms with E-state index in [-0.39, 0.29) is 24.2 Å². The van der Waals surface area contributed by atoms with Gasteiger partial charge in [-0.1, -0.05) is 0 Å². The van der Waals surface area contributed by atoms with Gasteiger partial charge in [0.2, 0.25) is 0 Å². The van der Waals surface area contributed by atoms with Crippen LogP contribution in [0.15, 0.2) is 36.4 Å². The van der Waals surface area contributed by atoms with E-state index in [9.17, 15) is 23.2 Å². The molecule has 29 heavy (non-hydrogen) atoms. The lowest BCUT2D eigenvalue weighted by atomic mass is 10.1. The number of ketones is 2. The van der Waals surface area contributed by atoms with Gasteiger partial charge in [0.1, 0.15) is 0 Å². The van der Waals surface area contributed by atoms with Crippen LogP contribution < -0.4 is 9.47 Å². The molecular weight excluding hydrogens is 386 g/mol. The highest BCUT2D eigenvalue weighted by atomic mass is 19.2. The molecular formula is C21H18F2O6. The van der Waals surface area contributed by atoms with E-state index in [1.165, 1.54) is 0 Å². The maximum absolute atomic E-state index is 13.1. The lowest BCUT2D eigenvalue weighted by molar-refractivity contribution is -0.142.